The van der Waals surface area contributed by atoms with Crippen LogP contribution in [0.4, 0.5) is 11.6 Å². The number of rotatable bonds is 10. The molecule has 6 N–H and O–H groups in total. The van der Waals surface area contributed by atoms with E-state index in [2.05, 4.69) is 25.6 Å². The number of aliphatic imine (C=N–C) groups is 1. The highest BCUT2D eigenvalue weighted by molar-refractivity contribution is 7.91. The van der Waals surface area contributed by atoms with E-state index in [0.717, 1.165) is 0 Å². The highest BCUT2D eigenvalue weighted by Crippen LogP contribution is 2.36. The van der Waals surface area contributed by atoms with Crippen molar-refractivity contribution in [2.45, 2.75) is 68.9 Å². The van der Waals surface area contributed by atoms with Crippen molar-refractivity contribution in [3.05, 3.63) is 40.7 Å². The summed E-state index contributed by atoms with van der Waals surface area (Å²) in [5, 5.41) is 5.81. The number of unbranched alkanes of at least 4 members (excludes halogenated alkanes) is 1. The molecule has 2 aliphatic rings. The fourth-order valence-electron chi connectivity index (χ4n) is 5.03. The number of anilines is 2. The third-order valence-corrected chi connectivity index (χ3v) is 9.40. The molecule has 1 spiro atoms. The van der Waals surface area contributed by atoms with Crippen LogP contribution in [0, 0.1) is 5.92 Å². The van der Waals surface area contributed by atoms with E-state index in [1.165, 1.54) is 6.07 Å². The molecule has 1 saturated carbocycles. The van der Waals surface area contributed by atoms with Gasteiger partial charge in [0.1, 0.15) is 0 Å². The number of ether oxygens (including phenoxy) is 1. The molecule has 1 aliphatic carbocycles. The van der Waals surface area contributed by atoms with Crippen LogP contribution in [0.25, 0.3) is 0 Å². The van der Waals surface area contributed by atoms with Gasteiger partial charge < -0.3 is 21.5 Å². The Balaban J connectivity index is 1.30. The molecule has 14 heteroatoms. The van der Waals surface area contributed by atoms with Crippen molar-refractivity contribution in [2.75, 3.05) is 30.4 Å². The maximum Gasteiger partial charge on any atom is 0.280 e. The summed E-state index contributed by atoms with van der Waals surface area (Å²) in [6, 6.07) is 6.33. The fourth-order valence-corrected chi connectivity index (χ4v) is 6.57. The number of nitrogens with one attached hydrogen (secondary N) is 2. The molecule has 41 heavy (non-hydrogen) atoms. The third-order valence-electron chi connectivity index (χ3n) is 7.33. The molecule has 1 fully saturated rings. The molecule has 1 aliphatic heterocycles. The monoisotopic (exact) mass is 605 g/mol. The quantitative estimate of drug-likeness (QED) is 0.231. The number of halogens is 1. The summed E-state index contributed by atoms with van der Waals surface area (Å²) in [5.41, 5.74) is 11.2. The van der Waals surface area contributed by atoms with Crippen molar-refractivity contribution in [1.29, 1.82) is 0 Å². The summed E-state index contributed by atoms with van der Waals surface area (Å²) in [7, 11) is -3.51. The van der Waals surface area contributed by atoms with Gasteiger partial charge >= 0.3 is 0 Å². The van der Waals surface area contributed by atoms with Gasteiger partial charge in [-0.3, -0.25) is 19.9 Å². The van der Waals surface area contributed by atoms with Gasteiger partial charge in [-0.2, -0.15) is 0 Å². The van der Waals surface area contributed by atoms with E-state index in [9.17, 15) is 18.0 Å². The Bertz CT molecular complexity index is 1440. The van der Waals surface area contributed by atoms with Gasteiger partial charge in [-0.25, -0.2) is 18.4 Å². The van der Waals surface area contributed by atoms with Crippen molar-refractivity contribution < 1.29 is 22.7 Å². The number of guanidine groups is 1. The number of benzene rings is 1. The summed E-state index contributed by atoms with van der Waals surface area (Å²) in [4.78, 5) is 38.3. The lowest BCUT2D eigenvalue weighted by atomic mass is 9.74. The van der Waals surface area contributed by atoms with Crippen molar-refractivity contribution in [3.63, 3.8) is 0 Å². The first-order valence-electron chi connectivity index (χ1n) is 13.6. The van der Waals surface area contributed by atoms with E-state index in [4.69, 9.17) is 27.8 Å². The van der Waals surface area contributed by atoms with E-state index in [1.54, 1.807) is 18.2 Å². The minimum Gasteiger partial charge on any atom is -0.382 e. The Morgan fingerprint density at radius 1 is 1.17 bits per heavy atom. The number of carbonyl (C=O) groups excluding carboxylic acids is 2. The minimum absolute atomic E-state index is 0.00707. The normalized spacial score (nSPS) is 20.6. The first-order valence-corrected chi connectivity index (χ1v) is 15.6. The van der Waals surface area contributed by atoms with Gasteiger partial charge in [-0.1, -0.05) is 23.7 Å². The van der Waals surface area contributed by atoms with Crippen LogP contribution in [0.2, 0.25) is 5.15 Å². The summed E-state index contributed by atoms with van der Waals surface area (Å²) in [6.07, 6.45) is 3.75. The van der Waals surface area contributed by atoms with Crippen LogP contribution in [0.3, 0.4) is 0 Å². The summed E-state index contributed by atoms with van der Waals surface area (Å²) < 4.78 is 31.2. The predicted octanol–water partition coefficient (Wildman–Crippen LogP) is 2.77. The smallest absolute Gasteiger partial charge is 0.280 e. The van der Waals surface area contributed by atoms with E-state index in [0.29, 0.717) is 57.2 Å². The molecule has 4 rings (SSSR count). The zero-order chi connectivity index (χ0) is 29.8. The molecular weight excluding hydrogens is 570 g/mol. The molecule has 1 aromatic heterocycles. The summed E-state index contributed by atoms with van der Waals surface area (Å²) in [5.74, 6) is -0.857. The highest BCUT2D eigenvalue weighted by Gasteiger charge is 2.41. The topological polar surface area (TPSA) is 192 Å². The molecule has 0 saturated heterocycles. The fraction of sp³-hybridized carbons (Fsp3) is 0.519. The largest absolute Gasteiger partial charge is 0.382 e. The molecule has 1 amide bonds. The van der Waals surface area contributed by atoms with Gasteiger partial charge in [0.2, 0.25) is 0 Å². The first-order chi connectivity index (χ1) is 19.4. The summed E-state index contributed by atoms with van der Waals surface area (Å²) >= 11 is 5.88. The zero-order valence-corrected chi connectivity index (χ0v) is 24.7. The molecule has 2 heterocycles. The van der Waals surface area contributed by atoms with Crippen molar-refractivity contribution in [2.24, 2.45) is 10.9 Å². The lowest BCUT2D eigenvalue weighted by Gasteiger charge is -2.36. The first kappa shape index (κ1) is 30.7. The molecular formula is C27H36ClN7O5S. The molecule has 12 nitrogen and oxygen atoms in total. The number of Topliss-reactive ketones (excluding diaryl/α,β-unsaturated/α-hetero) is 1. The zero-order valence-electron chi connectivity index (χ0n) is 23.2. The Hall–Kier alpha value is -3.29. The van der Waals surface area contributed by atoms with E-state index < -0.39 is 15.7 Å². The number of carbonyl (C=O) groups is 2. The van der Waals surface area contributed by atoms with Gasteiger partial charge in [0, 0.05) is 18.1 Å². The second-order valence-electron chi connectivity index (χ2n) is 10.8. The lowest BCUT2D eigenvalue weighted by Crippen LogP contribution is -2.52. The number of amides is 1. The molecule has 222 valence electrons. The van der Waals surface area contributed by atoms with E-state index >= 15 is 0 Å². The number of aromatic nitrogens is 2. The average Bonchev–Trinajstić information content (AvgIpc) is 3.31. The maximum atomic E-state index is 13.3. The molecule has 0 bridgehead atoms. The van der Waals surface area contributed by atoms with Gasteiger partial charge in [-0.05, 0) is 64.5 Å². The van der Waals surface area contributed by atoms with E-state index in [-0.39, 0.29) is 62.4 Å². The standard InChI is InChI=1S/C27H36ClN7O5S/c1-16(2)40-12-3-4-13-41(38,39)19-7-5-6-18(14-19)21(36)17-8-10-27(11-9-17)15-31-26(35-27)34-25(37)20-23(29)33-24(30)22(28)32-20/h5-7,14,16-17H,3-4,8-13,15H2,1-2H3,(H4,29,30,33)(H2,31,34,35,37). The number of sulfone groups is 1. The van der Waals surface area contributed by atoms with Crippen LogP contribution in [0.15, 0.2) is 34.2 Å². The Morgan fingerprint density at radius 2 is 1.90 bits per heavy atom. The van der Waals surface area contributed by atoms with Crippen LogP contribution in [0.1, 0.15) is 73.2 Å². The van der Waals surface area contributed by atoms with Crippen molar-refractivity contribution >= 4 is 50.7 Å². The Kier molecular flexibility index (Phi) is 9.50. The van der Waals surface area contributed by atoms with Gasteiger partial charge in [0.15, 0.2) is 44.1 Å². The second kappa shape index (κ2) is 12.7. The number of hydrogen-bond donors (Lipinski definition) is 4. The van der Waals surface area contributed by atoms with Crippen LogP contribution < -0.4 is 22.1 Å². The second-order valence-corrected chi connectivity index (χ2v) is 13.2. The van der Waals surface area contributed by atoms with Crippen LogP contribution in [-0.2, 0) is 14.6 Å². The minimum atomic E-state index is -3.51. The maximum absolute atomic E-state index is 13.3. The van der Waals surface area contributed by atoms with E-state index in [1.807, 2.05) is 13.8 Å². The van der Waals surface area contributed by atoms with Gasteiger partial charge in [0.05, 0.1) is 28.8 Å². The van der Waals surface area contributed by atoms with Gasteiger partial charge in [0.25, 0.3) is 5.91 Å². The molecule has 0 atom stereocenters. The molecule has 0 unspecified atom stereocenters. The van der Waals surface area contributed by atoms with Crippen molar-refractivity contribution in [1.82, 2.24) is 20.6 Å². The number of nitrogens with zero attached hydrogens (tertiary/aromatic N) is 3. The summed E-state index contributed by atoms with van der Waals surface area (Å²) in [6.45, 7) is 4.83. The number of ketones is 1. The molecule has 0 radical (unpaired) electrons. The SMILES string of the molecule is CC(C)OCCCCS(=O)(=O)c1cccc(C(=O)C2CCC3(CC2)CN=C(NC(=O)c2nc(Cl)c(N)nc2N)N3)c1. The van der Waals surface area contributed by atoms with Gasteiger partial charge in [-0.15, -0.1) is 0 Å². The molecule has 1 aromatic carbocycles. The number of nitrogens with two attached hydrogens (primary N) is 2. The number of hydrogen-bond acceptors (Lipinski definition) is 11. The predicted molar refractivity (Wildman–Crippen MR) is 157 cm³/mol. The lowest BCUT2D eigenvalue weighted by molar-refractivity contribution is 0.0768. The Morgan fingerprint density at radius 3 is 2.61 bits per heavy atom. The average molecular weight is 606 g/mol. The highest BCUT2D eigenvalue weighted by atomic mass is 35.5. The van der Waals surface area contributed by atoms with Crippen LogP contribution >= 0.6 is 11.6 Å². The third kappa shape index (κ3) is 7.52. The number of nitrogen functional groups attached to an aromatic ring is 2. The Labute approximate surface area is 244 Å². The van der Waals surface area contributed by atoms with Crippen LogP contribution in [-0.4, -0.2) is 66.6 Å². The molecule has 2 aromatic rings. The van der Waals surface area contributed by atoms with Crippen LogP contribution in [0.5, 0.6) is 0 Å². The van der Waals surface area contributed by atoms with Crippen molar-refractivity contribution in [3.8, 4) is 0 Å².